The molecule has 0 amide bonds. The average molecular weight is 529 g/mol. The van der Waals surface area contributed by atoms with E-state index in [1.807, 2.05) is 19.1 Å². The molecular formula is C22H32IN3O2S. The topological polar surface area (TPSA) is 70.6 Å². The maximum absolute atomic E-state index is 11.8. The fourth-order valence-electron chi connectivity index (χ4n) is 2.85. The summed E-state index contributed by atoms with van der Waals surface area (Å²) in [6.45, 7) is 8.10. The summed E-state index contributed by atoms with van der Waals surface area (Å²) in [5.41, 5.74) is 4.18. The number of guanidine groups is 1. The number of nitrogens with zero attached hydrogens (tertiary/aromatic N) is 1. The molecule has 0 spiro atoms. The van der Waals surface area contributed by atoms with E-state index >= 15 is 0 Å². The lowest BCUT2D eigenvalue weighted by Crippen LogP contribution is -2.37. The molecule has 0 fully saturated rings. The second-order valence-corrected chi connectivity index (χ2v) is 9.14. The van der Waals surface area contributed by atoms with Crippen molar-refractivity contribution in [3.63, 3.8) is 0 Å². The highest BCUT2D eigenvalue weighted by Crippen LogP contribution is 2.17. The quantitative estimate of drug-likeness (QED) is 0.231. The number of unbranched alkanes of at least 4 members (excludes halogenated alkanes) is 1. The van der Waals surface area contributed by atoms with Gasteiger partial charge in [0.1, 0.15) is 0 Å². The number of benzene rings is 2. The Bertz CT molecular complexity index is 910. The molecule has 0 heterocycles. The molecule has 160 valence electrons. The van der Waals surface area contributed by atoms with Gasteiger partial charge in [-0.25, -0.2) is 13.4 Å². The van der Waals surface area contributed by atoms with Crippen LogP contribution in [0.4, 0.5) is 0 Å². The third-order valence-electron chi connectivity index (χ3n) is 4.46. The fourth-order valence-corrected chi connectivity index (χ4v) is 3.80. The zero-order chi connectivity index (χ0) is 20.6. The minimum atomic E-state index is -3.20. The first-order valence-corrected chi connectivity index (χ1v) is 11.6. The minimum absolute atomic E-state index is 0. The standard InChI is InChI=1S/C22H31N3O2S.HI/c1-5-6-13-23-22(24-15-19-9-7-17(2)8-10-19)25-16-20-11-12-21(18(3)14-20)28(4,26)27;/h7-12,14H,5-6,13,15-16H2,1-4H3,(H2,23,24,25);1H. The SMILES string of the molecule is CCCCNC(=NCc1ccc(S(C)(=O)=O)c(C)c1)NCc1ccc(C)cc1.I. The van der Waals surface area contributed by atoms with Crippen molar-refractivity contribution < 1.29 is 8.42 Å². The summed E-state index contributed by atoms with van der Waals surface area (Å²) in [5.74, 6) is 0.763. The molecule has 0 saturated heterocycles. The molecule has 0 aliphatic rings. The van der Waals surface area contributed by atoms with Crippen molar-refractivity contribution in [2.45, 2.75) is 51.6 Å². The van der Waals surface area contributed by atoms with Crippen LogP contribution in [0.5, 0.6) is 0 Å². The molecule has 0 unspecified atom stereocenters. The van der Waals surface area contributed by atoms with Gasteiger partial charge in [0.2, 0.25) is 0 Å². The van der Waals surface area contributed by atoms with Gasteiger partial charge in [-0.1, -0.05) is 55.3 Å². The molecule has 2 aromatic rings. The summed E-state index contributed by atoms with van der Waals surface area (Å²) in [4.78, 5) is 5.05. The van der Waals surface area contributed by atoms with E-state index in [4.69, 9.17) is 0 Å². The van der Waals surface area contributed by atoms with Gasteiger partial charge in [-0.2, -0.15) is 0 Å². The van der Waals surface area contributed by atoms with Crippen LogP contribution in [0.3, 0.4) is 0 Å². The van der Waals surface area contributed by atoms with E-state index in [1.165, 1.54) is 17.4 Å². The van der Waals surface area contributed by atoms with Crippen molar-refractivity contribution >= 4 is 39.8 Å². The summed E-state index contributed by atoms with van der Waals surface area (Å²) < 4.78 is 23.5. The monoisotopic (exact) mass is 529 g/mol. The summed E-state index contributed by atoms with van der Waals surface area (Å²) in [5, 5.41) is 6.74. The third-order valence-corrected chi connectivity index (χ3v) is 5.72. The molecule has 2 aromatic carbocycles. The maximum atomic E-state index is 11.8. The van der Waals surface area contributed by atoms with Crippen molar-refractivity contribution in [3.8, 4) is 0 Å². The van der Waals surface area contributed by atoms with Gasteiger partial charge in [0, 0.05) is 19.3 Å². The van der Waals surface area contributed by atoms with Gasteiger partial charge in [-0.3, -0.25) is 0 Å². The first-order valence-electron chi connectivity index (χ1n) is 9.67. The molecule has 0 bridgehead atoms. The van der Waals surface area contributed by atoms with Crippen LogP contribution in [0, 0.1) is 13.8 Å². The molecule has 5 nitrogen and oxygen atoms in total. The van der Waals surface area contributed by atoms with Crippen LogP contribution in [0.25, 0.3) is 0 Å². The molecule has 29 heavy (non-hydrogen) atoms. The van der Waals surface area contributed by atoms with Gasteiger partial charge in [0.15, 0.2) is 15.8 Å². The van der Waals surface area contributed by atoms with Crippen LogP contribution >= 0.6 is 24.0 Å². The number of hydrogen-bond donors (Lipinski definition) is 2. The van der Waals surface area contributed by atoms with Gasteiger partial charge >= 0.3 is 0 Å². The predicted octanol–water partition coefficient (Wildman–Crippen LogP) is 4.36. The number of nitrogens with one attached hydrogen (secondary N) is 2. The number of aryl methyl sites for hydroxylation is 2. The van der Waals surface area contributed by atoms with Crippen molar-refractivity contribution in [2.75, 3.05) is 12.8 Å². The van der Waals surface area contributed by atoms with Gasteiger partial charge in [0.25, 0.3) is 0 Å². The van der Waals surface area contributed by atoms with Crippen molar-refractivity contribution in [1.82, 2.24) is 10.6 Å². The Kier molecular flexibility index (Phi) is 10.7. The summed E-state index contributed by atoms with van der Waals surface area (Å²) in [6.07, 6.45) is 3.43. The Morgan fingerprint density at radius 2 is 1.66 bits per heavy atom. The second kappa shape index (κ2) is 12.2. The Morgan fingerprint density at radius 1 is 1.00 bits per heavy atom. The Balaban J connectivity index is 0.00000420. The summed E-state index contributed by atoms with van der Waals surface area (Å²) in [7, 11) is -3.20. The second-order valence-electron chi connectivity index (χ2n) is 7.16. The number of halogens is 1. The van der Waals surface area contributed by atoms with Crippen LogP contribution in [0.1, 0.15) is 42.0 Å². The molecule has 0 aliphatic carbocycles. The number of aliphatic imine (C=N–C) groups is 1. The molecule has 0 aromatic heterocycles. The van der Waals surface area contributed by atoms with E-state index in [0.717, 1.165) is 36.5 Å². The average Bonchev–Trinajstić information content (AvgIpc) is 2.64. The van der Waals surface area contributed by atoms with Gasteiger partial charge in [-0.05, 0) is 43.0 Å². The summed E-state index contributed by atoms with van der Waals surface area (Å²) >= 11 is 0. The maximum Gasteiger partial charge on any atom is 0.191 e. The molecule has 0 saturated carbocycles. The lowest BCUT2D eigenvalue weighted by molar-refractivity contribution is 0.601. The van der Waals surface area contributed by atoms with E-state index < -0.39 is 9.84 Å². The zero-order valence-corrected chi connectivity index (χ0v) is 20.8. The van der Waals surface area contributed by atoms with E-state index in [0.29, 0.717) is 18.0 Å². The third kappa shape index (κ3) is 8.74. The van der Waals surface area contributed by atoms with Crippen LogP contribution in [-0.4, -0.2) is 27.2 Å². The Morgan fingerprint density at radius 3 is 2.24 bits per heavy atom. The van der Waals surface area contributed by atoms with Gasteiger partial charge in [-0.15, -0.1) is 24.0 Å². The normalized spacial score (nSPS) is 11.7. The molecule has 2 N–H and O–H groups in total. The van der Waals surface area contributed by atoms with Gasteiger partial charge < -0.3 is 10.6 Å². The highest BCUT2D eigenvalue weighted by Gasteiger charge is 2.10. The Hall–Kier alpha value is -1.61. The Labute approximate surface area is 192 Å². The molecular weight excluding hydrogens is 497 g/mol. The van der Waals surface area contributed by atoms with Crippen LogP contribution in [0.15, 0.2) is 52.4 Å². The van der Waals surface area contributed by atoms with E-state index in [9.17, 15) is 8.42 Å². The van der Waals surface area contributed by atoms with E-state index in [2.05, 4.69) is 53.7 Å². The zero-order valence-electron chi connectivity index (χ0n) is 17.7. The minimum Gasteiger partial charge on any atom is -0.356 e. The molecule has 0 radical (unpaired) electrons. The van der Waals surface area contributed by atoms with Crippen molar-refractivity contribution in [2.24, 2.45) is 4.99 Å². The van der Waals surface area contributed by atoms with Crippen molar-refractivity contribution in [1.29, 1.82) is 0 Å². The predicted molar refractivity (Wildman–Crippen MR) is 132 cm³/mol. The summed E-state index contributed by atoms with van der Waals surface area (Å²) in [6, 6.07) is 13.8. The number of rotatable bonds is 8. The molecule has 0 aliphatic heterocycles. The van der Waals surface area contributed by atoms with Crippen molar-refractivity contribution in [3.05, 3.63) is 64.7 Å². The first-order chi connectivity index (χ1) is 13.3. The largest absolute Gasteiger partial charge is 0.356 e. The number of sulfone groups is 1. The molecule has 0 atom stereocenters. The lowest BCUT2D eigenvalue weighted by atomic mass is 10.1. The van der Waals surface area contributed by atoms with Crippen LogP contribution < -0.4 is 10.6 Å². The molecule has 2 rings (SSSR count). The highest BCUT2D eigenvalue weighted by molar-refractivity contribution is 14.0. The van der Waals surface area contributed by atoms with E-state index in [-0.39, 0.29) is 24.0 Å². The molecule has 7 heteroatoms. The van der Waals surface area contributed by atoms with Gasteiger partial charge in [0.05, 0.1) is 11.4 Å². The highest BCUT2D eigenvalue weighted by atomic mass is 127. The first kappa shape index (κ1) is 25.4. The smallest absolute Gasteiger partial charge is 0.191 e. The van der Waals surface area contributed by atoms with Crippen LogP contribution in [-0.2, 0) is 22.9 Å². The van der Waals surface area contributed by atoms with Crippen LogP contribution in [0.2, 0.25) is 0 Å². The lowest BCUT2D eigenvalue weighted by Gasteiger charge is -2.13. The fraction of sp³-hybridized carbons (Fsp3) is 0.409. The number of hydrogen-bond acceptors (Lipinski definition) is 3. The van der Waals surface area contributed by atoms with E-state index in [1.54, 1.807) is 6.07 Å².